The summed E-state index contributed by atoms with van der Waals surface area (Å²) in [6, 6.07) is 8.20. The molecule has 0 spiro atoms. The molecule has 1 aromatic rings. The Morgan fingerprint density at radius 2 is 1.96 bits per heavy atom. The van der Waals surface area contributed by atoms with E-state index in [0.29, 0.717) is 26.2 Å². The molecule has 1 aromatic carbocycles. The van der Waals surface area contributed by atoms with Crippen LogP contribution in [0.25, 0.3) is 0 Å². The van der Waals surface area contributed by atoms with Gasteiger partial charge in [-0.2, -0.15) is 0 Å². The largest absolute Gasteiger partial charge is 0.481 e. The van der Waals surface area contributed by atoms with Crippen molar-refractivity contribution in [1.29, 1.82) is 0 Å². The molecule has 27 heavy (non-hydrogen) atoms. The minimum atomic E-state index is -0.893. The molecular weight excluding hydrogens is 346 g/mol. The van der Waals surface area contributed by atoms with Gasteiger partial charge in [-0.3, -0.25) is 14.5 Å². The summed E-state index contributed by atoms with van der Waals surface area (Å²) in [4.78, 5) is 30.0. The molecule has 2 saturated heterocycles. The highest BCUT2D eigenvalue weighted by atomic mass is 16.5. The molecule has 2 fully saturated rings. The highest BCUT2D eigenvalue weighted by Crippen LogP contribution is 2.18. The van der Waals surface area contributed by atoms with Crippen LogP contribution < -0.4 is 4.90 Å². The van der Waals surface area contributed by atoms with Gasteiger partial charge in [0.05, 0.1) is 25.7 Å². The topological polar surface area (TPSA) is 73.3 Å². The number of carbonyl (C=O) groups is 2. The lowest BCUT2D eigenvalue weighted by atomic mass is 10.1. The van der Waals surface area contributed by atoms with E-state index < -0.39 is 5.97 Å². The van der Waals surface area contributed by atoms with Gasteiger partial charge in [0.2, 0.25) is 5.91 Å². The lowest BCUT2D eigenvalue weighted by molar-refractivity contribution is -0.146. The van der Waals surface area contributed by atoms with E-state index in [1.807, 2.05) is 0 Å². The van der Waals surface area contributed by atoms with Crippen LogP contribution >= 0.6 is 0 Å². The van der Waals surface area contributed by atoms with E-state index in [1.165, 1.54) is 11.3 Å². The van der Waals surface area contributed by atoms with Crippen LogP contribution in [-0.2, 0) is 14.3 Å². The second kappa shape index (κ2) is 9.19. The number of ether oxygens (including phenoxy) is 1. The van der Waals surface area contributed by atoms with Gasteiger partial charge in [0, 0.05) is 51.4 Å². The summed E-state index contributed by atoms with van der Waals surface area (Å²) in [7, 11) is 0. The fourth-order valence-corrected chi connectivity index (χ4v) is 3.81. The summed E-state index contributed by atoms with van der Waals surface area (Å²) < 4.78 is 5.35. The number of amides is 1. The zero-order chi connectivity index (χ0) is 19.2. The highest BCUT2D eigenvalue weighted by Gasteiger charge is 2.29. The van der Waals surface area contributed by atoms with Crippen LogP contribution in [0.3, 0.4) is 0 Å². The number of carboxylic acids is 1. The average molecular weight is 375 g/mol. The van der Waals surface area contributed by atoms with Crippen LogP contribution in [0.1, 0.15) is 18.4 Å². The first-order valence-electron chi connectivity index (χ1n) is 9.66. The zero-order valence-electron chi connectivity index (χ0n) is 16.0. The fourth-order valence-electron chi connectivity index (χ4n) is 3.81. The Labute approximate surface area is 160 Å². The van der Waals surface area contributed by atoms with Gasteiger partial charge in [0.25, 0.3) is 0 Å². The van der Waals surface area contributed by atoms with Crippen molar-refractivity contribution in [3.8, 4) is 0 Å². The lowest BCUT2D eigenvalue weighted by Crippen LogP contribution is -2.51. The van der Waals surface area contributed by atoms with Crippen LogP contribution in [0.15, 0.2) is 24.3 Å². The SMILES string of the molecule is Cc1cccc(N2CCN(CCC(=O)N3CCOCC3CC(=O)O)CC2)c1. The van der Waals surface area contributed by atoms with Crippen molar-refractivity contribution in [1.82, 2.24) is 9.80 Å². The number of benzene rings is 1. The third kappa shape index (κ3) is 5.43. The quantitative estimate of drug-likeness (QED) is 0.806. The molecule has 2 heterocycles. The molecule has 0 saturated carbocycles. The van der Waals surface area contributed by atoms with Gasteiger partial charge in [0.1, 0.15) is 0 Å². The Hall–Kier alpha value is -2.12. The molecule has 7 nitrogen and oxygen atoms in total. The number of piperazine rings is 1. The van der Waals surface area contributed by atoms with Crippen molar-refractivity contribution in [2.75, 3.05) is 57.4 Å². The van der Waals surface area contributed by atoms with Crippen LogP contribution in [0, 0.1) is 6.92 Å². The average Bonchev–Trinajstić information content (AvgIpc) is 2.66. The maximum Gasteiger partial charge on any atom is 0.305 e. The second-order valence-electron chi connectivity index (χ2n) is 7.33. The first kappa shape index (κ1) is 19.6. The number of carboxylic acid groups (broad SMARTS) is 1. The van der Waals surface area contributed by atoms with Gasteiger partial charge in [-0.25, -0.2) is 0 Å². The Kier molecular flexibility index (Phi) is 6.68. The molecule has 0 aliphatic carbocycles. The summed E-state index contributed by atoms with van der Waals surface area (Å²) in [5.74, 6) is -0.860. The van der Waals surface area contributed by atoms with Crippen molar-refractivity contribution in [2.45, 2.75) is 25.8 Å². The van der Waals surface area contributed by atoms with Crippen molar-refractivity contribution >= 4 is 17.6 Å². The molecule has 3 rings (SSSR count). The van der Waals surface area contributed by atoms with Gasteiger partial charge in [-0.1, -0.05) is 12.1 Å². The number of aryl methyl sites for hydroxylation is 1. The minimum absolute atomic E-state index is 0.0330. The minimum Gasteiger partial charge on any atom is -0.481 e. The summed E-state index contributed by atoms with van der Waals surface area (Å²) in [5.41, 5.74) is 2.53. The first-order chi connectivity index (χ1) is 13.0. The zero-order valence-corrected chi connectivity index (χ0v) is 16.0. The molecule has 148 valence electrons. The number of rotatable bonds is 6. The van der Waals surface area contributed by atoms with Crippen LogP contribution in [0.2, 0.25) is 0 Å². The number of anilines is 1. The molecule has 2 aliphatic heterocycles. The van der Waals surface area contributed by atoms with E-state index in [9.17, 15) is 9.59 Å². The Morgan fingerprint density at radius 1 is 1.19 bits per heavy atom. The van der Waals surface area contributed by atoms with Gasteiger partial charge in [0.15, 0.2) is 0 Å². The number of nitrogens with zero attached hydrogens (tertiary/aromatic N) is 3. The van der Waals surface area contributed by atoms with E-state index in [2.05, 4.69) is 41.0 Å². The fraction of sp³-hybridized carbons (Fsp3) is 0.600. The molecule has 1 unspecified atom stereocenters. The number of carbonyl (C=O) groups excluding carboxylic acids is 1. The summed E-state index contributed by atoms with van der Waals surface area (Å²) in [5, 5.41) is 9.03. The number of aliphatic carboxylic acids is 1. The Morgan fingerprint density at radius 3 is 2.67 bits per heavy atom. The molecular formula is C20H29N3O4. The monoisotopic (exact) mass is 375 g/mol. The van der Waals surface area contributed by atoms with Gasteiger partial charge in [-0.05, 0) is 24.6 Å². The third-order valence-corrected chi connectivity index (χ3v) is 5.34. The normalized spacial score (nSPS) is 21.3. The number of hydrogen-bond donors (Lipinski definition) is 1. The molecule has 1 amide bonds. The maximum atomic E-state index is 12.6. The third-order valence-electron chi connectivity index (χ3n) is 5.34. The summed E-state index contributed by atoms with van der Waals surface area (Å²) >= 11 is 0. The van der Waals surface area contributed by atoms with Crippen molar-refractivity contribution in [2.24, 2.45) is 0 Å². The van der Waals surface area contributed by atoms with Gasteiger partial charge < -0.3 is 19.6 Å². The van der Waals surface area contributed by atoms with E-state index in [0.717, 1.165) is 32.7 Å². The van der Waals surface area contributed by atoms with Gasteiger partial charge in [-0.15, -0.1) is 0 Å². The predicted octanol–water partition coefficient (Wildman–Crippen LogP) is 1.21. The lowest BCUT2D eigenvalue weighted by Gasteiger charge is -2.37. The summed E-state index contributed by atoms with van der Waals surface area (Å²) in [6.45, 7) is 7.88. The van der Waals surface area contributed by atoms with Crippen molar-refractivity contribution in [3.05, 3.63) is 29.8 Å². The Bertz CT molecular complexity index is 658. The molecule has 1 N–H and O–H groups in total. The van der Waals surface area contributed by atoms with E-state index >= 15 is 0 Å². The predicted molar refractivity (Wildman–Crippen MR) is 103 cm³/mol. The van der Waals surface area contributed by atoms with E-state index in [1.54, 1.807) is 4.90 Å². The Balaban J connectivity index is 1.45. The standard InChI is InChI=1S/C20H29N3O4/c1-16-3-2-4-17(13-16)22-9-7-21(8-10-22)6-5-19(24)23-11-12-27-15-18(23)14-20(25)26/h2-4,13,18H,5-12,14-15H2,1H3,(H,25,26). The molecule has 7 heteroatoms. The molecule has 0 bridgehead atoms. The van der Waals surface area contributed by atoms with Crippen LogP contribution in [0.5, 0.6) is 0 Å². The maximum absolute atomic E-state index is 12.6. The van der Waals surface area contributed by atoms with E-state index in [4.69, 9.17) is 9.84 Å². The van der Waals surface area contributed by atoms with Crippen LogP contribution in [0.4, 0.5) is 5.69 Å². The molecule has 0 radical (unpaired) electrons. The smallest absolute Gasteiger partial charge is 0.305 e. The second-order valence-corrected chi connectivity index (χ2v) is 7.33. The summed E-state index contributed by atoms with van der Waals surface area (Å²) in [6.07, 6.45) is 0.376. The first-order valence-corrected chi connectivity index (χ1v) is 9.66. The number of hydrogen-bond acceptors (Lipinski definition) is 5. The van der Waals surface area contributed by atoms with E-state index in [-0.39, 0.29) is 18.4 Å². The molecule has 1 atom stereocenters. The van der Waals surface area contributed by atoms with Crippen molar-refractivity contribution in [3.63, 3.8) is 0 Å². The number of morpholine rings is 1. The van der Waals surface area contributed by atoms with Gasteiger partial charge >= 0.3 is 5.97 Å². The van der Waals surface area contributed by atoms with Crippen molar-refractivity contribution < 1.29 is 19.4 Å². The van der Waals surface area contributed by atoms with Crippen LogP contribution in [-0.4, -0.2) is 85.3 Å². The molecule has 2 aliphatic rings. The highest BCUT2D eigenvalue weighted by molar-refractivity contribution is 5.78. The molecule has 0 aromatic heterocycles.